The molecule has 0 aliphatic rings. The Bertz CT molecular complexity index is 326. The highest BCUT2D eigenvalue weighted by molar-refractivity contribution is 7.80. The van der Waals surface area contributed by atoms with Crippen LogP contribution in [0.2, 0.25) is 0 Å². The lowest BCUT2D eigenvalue weighted by atomic mass is 10.3. The van der Waals surface area contributed by atoms with Gasteiger partial charge in [-0.2, -0.15) is 0 Å². The van der Waals surface area contributed by atoms with E-state index < -0.39 is 10.4 Å². The fourth-order valence-electron chi connectivity index (χ4n) is 0.819. The summed E-state index contributed by atoms with van der Waals surface area (Å²) >= 11 is 0. The molecule has 0 aromatic heterocycles. The van der Waals surface area contributed by atoms with Gasteiger partial charge in [0.1, 0.15) is 0 Å². The molecule has 1 atom stereocenters. The maximum absolute atomic E-state index is 10.8. The van der Waals surface area contributed by atoms with E-state index in [1.54, 1.807) is 0 Å². The third-order valence-corrected chi connectivity index (χ3v) is 2.12. The van der Waals surface area contributed by atoms with Crippen LogP contribution in [0.25, 0.3) is 0 Å². The van der Waals surface area contributed by atoms with Crippen molar-refractivity contribution in [3.05, 3.63) is 12.7 Å². The number of hydrogen-bond acceptors (Lipinski definition) is 6. The van der Waals surface area contributed by atoms with Crippen molar-refractivity contribution >= 4 is 16.3 Å². The fraction of sp³-hybridized carbons (Fsp3) is 0.667. The summed E-state index contributed by atoms with van der Waals surface area (Å²) in [7, 11) is 0.252. The van der Waals surface area contributed by atoms with Gasteiger partial charge < -0.3 is 9.87 Å². The van der Waals surface area contributed by atoms with Crippen LogP contribution in [0.4, 0.5) is 0 Å². The summed E-state index contributed by atoms with van der Waals surface area (Å²) in [6, 6.07) is 0. The molecule has 0 saturated heterocycles. The SMILES string of the molecule is C=CC(=O)NC(CC)N(C)C.COS(=O)(=O)[O-]. The first-order valence-corrected chi connectivity index (χ1v) is 6.12. The standard InChI is InChI=1S/C8H16N2O.CH4O4S/c1-5-7(10(3)4)9-8(11)6-2;1-5-6(2,3)4/h6-7H,2,5H2,1,3-4H3,(H,9,11);1H3,(H,2,3,4)/p-1. The molecule has 0 heterocycles. The molecule has 0 spiro atoms. The summed E-state index contributed by atoms with van der Waals surface area (Å²) in [5.74, 6) is -0.120. The van der Waals surface area contributed by atoms with Crippen molar-refractivity contribution in [2.24, 2.45) is 0 Å². The van der Waals surface area contributed by atoms with Crippen molar-refractivity contribution in [1.82, 2.24) is 10.2 Å². The second-order valence-electron chi connectivity index (χ2n) is 3.18. The number of hydrogen-bond donors (Lipinski definition) is 1. The Balaban J connectivity index is 0. The Hall–Kier alpha value is -0.960. The lowest BCUT2D eigenvalue weighted by Gasteiger charge is -2.23. The molecule has 0 radical (unpaired) electrons. The predicted octanol–water partition coefficient (Wildman–Crippen LogP) is -0.321. The summed E-state index contributed by atoms with van der Waals surface area (Å²) < 4.78 is 31.0. The normalized spacial score (nSPS) is 12.4. The molecule has 8 heteroatoms. The van der Waals surface area contributed by atoms with Crippen molar-refractivity contribution in [3.8, 4) is 0 Å². The summed E-state index contributed by atoms with van der Waals surface area (Å²) in [6.07, 6.45) is 2.29. The number of nitrogens with one attached hydrogen (secondary N) is 1. The van der Waals surface area contributed by atoms with Gasteiger partial charge in [0.15, 0.2) is 0 Å². The molecule has 0 aliphatic carbocycles. The molecule has 0 bridgehead atoms. The Morgan fingerprint density at radius 3 is 2.18 bits per heavy atom. The number of carbonyl (C=O) groups is 1. The van der Waals surface area contributed by atoms with E-state index in [9.17, 15) is 17.8 Å². The number of amides is 1. The highest BCUT2D eigenvalue weighted by Crippen LogP contribution is 1.93. The van der Waals surface area contributed by atoms with E-state index in [4.69, 9.17) is 0 Å². The van der Waals surface area contributed by atoms with Crippen LogP contribution in [-0.4, -0.2) is 51.1 Å². The van der Waals surface area contributed by atoms with Gasteiger partial charge >= 0.3 is 0 Å². The quantitative estimate of drug-likeness (QED) is 0.317. The van der Waals surface area contributed by atoms with Crippen LogP contribution in [0, 0.1) is 0 Å². The average molecular weight is 267 g/mol. The highest BCUT2D eigenvalue weighted by atomic mass is 32.3. The number of carbonyl (C=O) groups excluding carboxylic acids is 1. The van der Waals surface area contributed by atoms with Crippen LogP contribution in [0.15, 0.2) is 12.7 Å². The van der Waals surface area contributed by atoms with Crippen LogP contribution in [0.3, 0.4) is 0 Å². The van der Waals surface area contributed by atoms with Gasteiger partial charge in [0.2, 0.25) is 16.3 Å². The van der Waals surface area contributed by atoms with E-state index in [1.807, 2.05) is 25.9 Å². The molecule has 0 saturated carbocycles. The smallest absolute Gasteiger partial charge is 0.244 e. The molecule has 7 nitrogen and oxygen atoms in total. The zero-order chi connectivity index (χ0) is 14.1. The fourth-order valence-corrected chi connectivity index (χ4v) is 0.819. The van der Waals surface area contributed by atoms with E-state index in [-0.39, 0.29) is 12.1 Å². The molecular weight excluding hydrogens is 248 g/mol. The van der Waals surface area contributed by atoms with Gasteiger partial charge in [-0.1, -0.05) is 13.5 Å². The largest absolute Gasteiger partial charge is 0.726 e. The Labute approximate surface area is 102 Å². The van der Waals surface area contributed by atoms with Gasteiger partial charge in [-0.3, -0.25) is 13.9 Å². The minimum Gasteiger partial charge on any atom is -0.726 e. The number of rotatable bonds is 5. The monoisotopic (exact) mass is 267 g/mol. The minimum atomic E-state index is -4.41. The van der Waals surface area contributed by atoms with Crippen LogP contribution in [-0.2, 0) is 19.4 Å². The molecule has 0 aliphatic heterocycles. The van der Waals surface area contributed by atoms with Crippen molar-refractivity contribution in [1.29, 1.82) is 0 Å². The van der Waals surface area contributed by atoms with E-state index in [1.165, 1.54) is 6.08 Å². The van der Waals surface area contributed by atoms with Gasteiger partial charge in [0.25, 0.3) is 0 Å². The van der Waals surface area contributed by atoms with E-state index in [0.29, 0.717) is 0 Å². The van der Waals surface area contributed by atoms with Crippen molar-refractivity contribution < 1.29 is 21.9 Å². The summed E-state index contributed by atoms with van der Waals surface area (Å²) in [6.45, 7) is 5.40. The Kier molecular flexibility index (Phi) is 9.86. The van der Waals surface area contributed by atoms with Crippen LogP contribution >= 0.6 is 0 Å². The summed E-state index contributed by atoms with van der Waals surface area (Å²) in [5, 5.41) is 2.78. The molecule has 0 aromatic rings. The molecule has 1 amide bonds. The van der Waals surface area contributed by atoms with Gasteiger partial charge in [-0.05, 0) is 26.6 Å². The van der Waals surface area contributed by atoms with E-state index >= 15 is 0 Å². The van der Waals surface area contributed by atoms with Crippen LogP contribution in [0.5, 0.6) is 0 Å². The Morgan fingerprint density at radius 2 is 2.00 bits per heavy atom. The van der Waals surface area contributed by atoms with Gasteiger partial charge in [-0.15, -0.1) is 0 Å². The third kappa shape index (κ3) is 13.0. The lowest BCUT2D eigenvalue weighted by molar-refractivity contribution is -0.118. The molecule has 17 heavy (non-hydrogen) atoms. The molecule has 1 N–H and O–H groups in total. The molecule has 0 aromatic carbocycles. The van der Waals surface area contributed by atoms with E-state index in [0.717, 1.165) is 13.5 Å². The molecule has 0 fully saturated rings. The maximum Gasteiger partial charge on any atom is 0.244 e. The van der Waals surface area contributed by atoms with Gasteiger partial charge in [-0.25, -0.2) is 8.42 Å². The third-order valence-electron chi connectivity index (χ3n) is 1.71. The summed E-state index contributed by atoms with van der Waals surface area (Å²) in [4.78, 5) is 12.8. The number of nitrogens with zero attached hydrogens (tertiary/aromatic N) is 1. The van der Waals surface area contributed by atoms with E-state index in [2.05, 4.69) is 16.1 Å². The first-order chi connectivity index (χ1) is 7.67. The predicted molar refractivity (Wildman–Crippen MR) is 62.8 cm³/mol. The topological polar surface area (TPSA) is 98.8 Å². The Morgan fingerprint density at radius 1 is 1.59 bits per heavy atom. The van der Waals surface area contributed by atoms with Crippen molar-refractivity contribution in [3.63, 3.8) is 0 Å². The van der Waals surface area contributed by atoms with Crippen molar-refractivity contribution in [2.75, 3.05) is 21.2 Å². The maximum atomic E-state index is 10.8. The molecule has 0 rings (SSSR count). The second kappa shape index (κ2) is 9.11. The molecule has 1 unspecified atom stereocenters. The molecular formula is C9H19N2O5S-. The first-order valence-electron chi connectivity index (χ1n) is 4.78. The average Bonchev–Trinajstić information content (AvgIpc) is 2.24. The highest BCUT2D eigenvalue weighted by Gasteiger charge is 2.08. The molecule has 102 valence electrons. The lowest BCUT2D eigenvalue weighted by Crippen LogP contribution is -2.43. The first kappa shape index (κ1) is 18.4. The minimum absolute atomic E-state index is 0.112. The van der Waals surface area contributed by atoms with Crippen LogP contribution < -0.4 is 5.32 Å². The van der Waals surface area contributed by atoms with Gasteiger partial charge in [0.05, 0.1) is 13.3 Å². The van der Waals surface area contributed by atoms with Crippen molar-refractivity contribution in [2.45, 2.75) is 19.5 Å². The summed E-state index contributed by atoms with van der Waals surface area (Å²) in [5.41, 5.74) is 0. The zero-order valence-corrected chi connectivity index (χ0v) is 11.3. The second-order valence-corrected chi connectivity index (χ2v) is 4.33. The zero-order valence-electron chi connectivity index (χ0n) is 10.5. The van der Waals surface area contributed by atoms with Crippen LogP contribution in [0.1, 0.15) is 13.3 Å². The van der Waals surface area contributed by atoms with Gasteiger partial charge in [0, 0.05) is 0 Å².